The Hall–Kier alpha value is -3.68. The van der Waals surface area contributed by atoms with E-state index in [2.05, 4.69) is 17.3 Å². The van der Waals surface area contributed by atoms with Gasteiger partial charge in [0.05, 0.1) is 12.0 Å². The summed E-state index contributed by atoms with van der Waals surface area (Å²) in [5.74, 6) is -0.542. The molecule has 3 aromatic rings. The zero-order valence-electron chi connectivity index (χ0n) is 19.2. The van der Waals surface area contributed by atoms with Gasteiger partial charge in [-0.25, -0.2) is 9.48 Å². The number of hydrogen-bond donors (Lipinski definition) is 1. The zero-order chi connectivity index (χ0) is 23.8. The minimum absolute atomic E-state index is 0.0161. The second kappa shape index (κ2) is 11.3. The van der Waals surface area contributed by atoms with Crippen molar-refractivity contribution in [1.82, 2.24) is 9.78 Å². The zero-order valence-corrected chi connectivity index (χ0v) is 19.2. The van der Waals surface area contributed by atoms with Crippen LogP contribution in [0.5, 0.6) is 5.75 Å². The first kappa shape index (κ1) is 24.0. The summed E-state index contributed by atoms with van der Waals surface area (Å²) in [5, 5.41) is 7.78. The number of ether oxygens (including phenoxy) is 2. The van der Waals surface area contributed by atoms with Crippen molar-refractivity contribution >= 4 is 28.3 Å². The van der Waals surface area contributed by atoms with Crippen molar-refractivity contribution in [2.45, 2.75) is 52.7 Å². The highest BCUT2D eigenvalue weighted by atomic mass is 16.5. The third-order valence-corrected chi connectivity index (χ3v) is 5.12. The van der Waals surface area contributed by atoms with Crippen molar-refractivity contribution < 1.29 is 19.1 Å². The van der Waals surface area contributed by atoms with Crippen LogP contribution >= 0.6 is 0 Å². The van der Waals surface area contributed by atoms with Crippen LogP contribution in [0.2, 0.25) is 0 Å². The van der Waals surface area contributed by atoms with Gasteiger partial charge in [-0.3, -0.25) is 9.59 Å². The molecule has 174 valence electrons. The van der Waals surface area contributed by atoms with E-state index in [1.54, 1.807) is 48.5 Å². The summed E-state index contributed by atoms with van der Waals surface area (Å²) in [5.41, 5.74) is 0.321. The van der Waals surface area contributed by atoms with E-state index in [0.717, 1.165) is 19.3 Å². The summed E-state index contributed by atoms with van der Waals surface area (Å²) in [4.78, 5) is 38.3. The number of aryl methyl sites for hydroxylation is 1. The Balaban J connectivity index is 1.76. The van der Waals surface area contributed by atoms with E-state index >= 15 is 0 Å². The molecule has 1 atom stereocenters. The molecule has 0 saturated heterocycles. The average molecular weight is 452 g/mol. The number of benzene rings is 2. The molecule has 1 amide bonds. The first-order valence-electron chi connectivity index (χ1n) is 11.2. The lowest BCUT2D eigenvalue weighted by atomic mass is 10.1. The third-order valence-electron chi connectivity index (χ3n) is 5.12. The summed E-state index contributed by atoms with van der Waals surface area (Å²) in [6, 6.07) is 13.7. The monoisotopic (exact) mass is 451 g/mol. The van der Waals surface area contributed by atoms with Crippen LogP contribution < -0.4 is 15.6 Å². The Labute approximate surface area is 192 Å². The Morgan fingerprint density at radius 2 is 1.73 bits per heavy atom. The fourth-order valence-corrected chi connectivity index (χ4v) is 3.36. The van der Waals surface area contributed by atoms with Crippen LogP contribution in [-0.2, 0) is 16.1 Å². The third kappa shape index (κ3) is 5.97. The molecule has 2 aromatic carbocycles. The maximum Gasteiger partial charge on any atom is 0.360 e. The summed E-state index contributed by atoms with van der Waals surface area (Å²) >= 11 is 0. The fraction of sp³-hybridized carbons (Fsp3) is 0.360. The van der Waals surface area contributed by atoms with Gasteiger partial charge < -0.3 is 14.8 Å². The second-order valence-electron chi connectivity index (χ2n) is 7.62. The van der Waals surface area contributed by atoms with Gasteiger partial charge in [0.15, 0.2) is 11.8 Å². The molecule has 0 spiro atoms. The second-order valence-corrected chi connectivity index (χ2v) is 7.62. The van der Waals surface area contributed by atoms with Crippen molar-refractivity contribution in [3.8, 4) is 5.75 Å². The SMILES string of the molecule is CCCCCn1nc(C(=O)OC(C)C(=O)Nc2ccc(OCC)cc2)c2ccccc2c1=O. The molecule has 3 rings (SSSR count). The maximum absolute atomic E-state index is 12.9. The molecule has 1 N–H and O–H groups in total. The molecule has 8 nitrogen and oxygen atoms in total. The van der Waals surface area contributed by atoms with Crippen LogP contribution in [0.25, 0.3) is 10.8 Å². The van der Waals surface area contributed by atoms with Gasteiger partial charge in [-0.15, -0.1) is 0 Å². The number of rotatable bonds is 10. The molecule has 1 heterocycles. The van der Waals surface area contributed by atoms with E-state index in [0.29, 0.717) is 35.4 Å². The molecule has 0 aliphatic rings. The van der Waals surface area contributed by atoms with Crippen molar-refractivity contribution in [2.75, 3.05) is 11.9 Å². The van der Waals surface area contributed by atoms with Gasteiger partial charge in [-0.1, -0.05) is 38.0 Å². The number of nitrogens with zero attached hydrogens (tertiary/aromatic N) is 2. The van der Waals surface area contributed by atoms with Crippen LogP contribution in [0.1, 0.15) is 50.5 Å². The van der Waals surface area contributed by atoms with E-state index in [4.69, 9.17) is 9.47 Å². The summed E-state index contributed by atoms with van der Waals surface area (Å²) in [6.07, 6.45) is 1.66. The lowest BCUT2D eigenvalue weighted by Gasteiger charge is -2.15. The number of aromatic nitrogens is 2. The number of esters is 1. The topological polar surface area (TPSA) is 99.5 Å². The number of unbranched alkanes of at least 4 members (excludes halogenated alkanes) is 2. The number of carbonyl (C=O) groups is 2. The van der Waals surface area contributed by atoms with Gasteiger partial charge in [0.25, 0.3) is 11.5 Å². The Morgan fingerprint density at radius 3 is 2.39 bits per heavy atom. The molecular formula is C25H29N3O5. The number of hydrogen-bond acceptors (Lipinski definition) is 6. The van der Waals surface area contributed by atoms with E-state index in [1.165, 1.54) is 11.6 Å². The number of amides is 1. The van der Waals surface area contributed by atoms with Crippen LogP contribution in [-0.4, -0.2) is 34.4 Å². The van der Waals surface area contributed by atoms with Gasteiger partial charge in [0, 0.05) is 17.6 Å². The minimum atomic E-state index is -1.06. The van der Waals surface area contributed by atoms with Crippen LogP contribution in [0.15, 0.2) is 53.3 Å². The molecule has 0 bridgehead atoms. The number of nitrogens with one attached hydrogen (secondary N) is 1. The molecule has 0 fully saturated rings. The molecule has 0 aliphatic carbocycles. The van der Waals surface area contributed by atoms with E-state index in [9.17, 15) is 14.4 Å². The van der Waals surface area contributed by atoms with Gasteiger partial charge in [0.1, 0.15) is 5.75 Å². The Kier molecular flexibility index (Phi) is 8.18. The van der Waals surface area contributed by atoms with Crippen LogP contribution in [0.3, 0.4) is 0 Å². The number of anilines is 1. The van der Waals surface area contributed by atoms with E-state index in [1.807, 2.05) is 6.92 Å². The van der Waals surface area contributed by atoms with E-state index in [-0.39, 0.29) is 11.3 Å². The quantitative estimate of drug-likeness (QED) is 0.367. The van der Waals surface area contributed by atoms with Crippen LogP contribution in [0, 0.1) is 0 Å². The van der Waals surface area contributed by atoms with Crippen molar-refractivity contribution in [3.63, 3.8) is 0 Å². The number of fused-ring (bicyclic) bond motifs is 1. The van der Waals surface area contributed by atoms with Gasteiger partial charge >= 0.3 is 5.97 Å². The van der Waals surface area contributed by atoms with Crippen molar-refractivity contribution in [1.29, 1.82) is 0 Å². The Bertz CT molecular complexity index is 1170. The molecule has 1 aromatic heterocycles. The first-order valence-corrected chi connectivity index (χ1v) is 11.2. The van der Waals surface area contributed by atoms with Gasteiger partial charge in [0.2, 0.25) is 0 Å². The van der Waals surface area contributed by atoms with Crippen molar-refractivity contribution in [2.24, 2.45) is 0 Å². The highest BCUT2D eigenvalue weighted by Gasteiger charge is 2.23. The smallest absolute Gasteiger partial charge is 0.360 e. The predicted molar refractivity (Wildman–Crippen MR) is 127 cm³/mol. The largest absolute Gasteiger partial charge is 0.494 e. The minimum Gasteiger partial charge on any atom is -0.494 e. The highest BCUT2D eigenvalue weighted by molar-refractivity contribution is 6.03. The molecular weight excluding hydrogens is 422 g/mol. The summed E-state index contributed by atoms with van der Waals surface area (Å²) in [6.45, 7) is 6.40. The maximum atomic E-state index is 12.9. The van der Waals surface area contributed by atoms with Gasteiger partial charge in [-0.2, -0.15) is 5.10 Å². The molecule has 0 radical (unpaired) electrons. The average Bonchev–Trinajstić information content (AvgIpc) is 2.82. The lowest BCUT2D eigenvalue weighted by molar-refractivity contribution is -0.123. The predicted octanol–water partition coefficient (Wildman–Crippen LogP) is 4.17. The Morgan fingerprint density at radius 1 is 1.03 bits per heavy atom. The molecule has 0 saturated carbocycles. The molecule has 0 aliphatic heterocycles. The summed E-state index contributed by atoms with van der Waals surface area (Å²) in [7, 11) is 0. The highest BCUT2D eigenvalue weighted by Crippen LogP contribution is 2.18. The lowest BCUT2D eigenvalue weighted by Crippen LogP contribution is -2.32. The fourth-order valence-electron chi connectivity index (χ4n) is 3.36. The molecule has 33 heavy (non-hydrogen) atoms. The standard InChI is InChI=1S/C25H29N3O5/c1-4-6-9-16-28-24(30)21-11-8-7-10-20(21)22(27-28)25(31)33-17(3)23(29)26-18-12-14-19(15-13-18)32-5-2/h7-8,10-15,17H,4-6,9,16H2,1-3H3,(H,26,29). The number of carbonyl (C=O) groups excluding carboxylic acids is 2. The molecule has 8 heteroatoms. The van der Waals surface area contributed by atoms with Crippen LogP contribution in [0.4, 0.5) is 5.69 Å². The normalized spacial score (nSPS) is 11.7. The van der Waals surface area contributed by atoms with E-state index < -0.39 is 18.0 Å². The first-order chi connectivity index (χ1) is 15.9. The summed E-state index contributed by atoms with van der Waals surface area (Å²) < 4.78 is 12.1. The van der Waals surface area contributed by atoms with Gasteiger partial charge in [-0.05, 0) is 50.6 Å². The molecule has 1 unspecified atom stereocenters. The van der Waals surface area contributed by atoms with Crippen molar-refractivity contribution in [3.05, 3.63) is 64.6 Å².